The number of hydrogen-bond donors (Lipinski definition) is 3. The fourth-order valence-electron chi connectivity index (χ4n) is 1.78. The lowest BCUT2D eigenvalue weighted by Crippen LogP contribution is -2.23. The van der Waals surface area contributed by atoms with Crippen molar-refractivity contribution in [1.82, 2.24) is 4.98 Å². The van der Waals surface area contributed by atoms with Crippen molar-refractivity contribution in [2.45, 2.75) is 12.2 Å². The van der Waals surface area contributed by atoms with E-state index in [2.05, 4.69) is 9.51 Å². The highest BCUT2D eigenvalue weighted by Gasteiger charge is 2.28. The Morgan fingerprint density at radius 1 is 1.53 bits per heavy atom. The Kier molecular flexibility index (Phi) is 3.35. The Morgan fingerprint density at radius 3 is 2.94 bits per heavy atom. The summed E-state index contributed by atoms with van der Waals surface area (Å²) in [7, 11) is -2.53. The van der Waals surface area contributed by atoms with Crippen LogP contribution in [0.1, 0.15) is 5.56 Å². The molecule has 6 heteroatoms. The van der Waals surface area contributed by atoms with Crippen LogP contribution in [-0.4, -0.2) is 22.8 Å². The van der Waals surface area contributed by atoms with Crippen molar-refractivity contribution in [3.05, 3.63) is 36.0 Å². The molecule has 0 radical (unpaired) electrons. The maximum atomic E-state index is 11.5. The largest absolute Gasteiger partial charge is 0.361 e. The van der Waals surface area contributed by atoms with Crippen LogP contribution < -0.4 is 5.73 Å². The second-order valence-electron chi connectivity index (χ2n) is 3.88. The van der Waals surface area contributed by atoms with Crippen LogP contribution >= 0.6 is 7.60 Å². The molecule has 2 aromatic rings. The number of benzene rings is 1. The average molecular weight is 254 g/mol. The highest BCUT2D eigenvalue weighted by molar-refractivity contribution is 7.53. The van der Waals surface area contributed by atoms with E-state index in [4.69, 9.17) is 5.73 Å². The highest BCUT2D eigenvalue weighted by atomic mass is 31.2. The minimum Gasteiger partial charge on any atom is -0.361 e. The van der Waals surface area contributed by atoms with Gasteiger partial charge in [0.25, 0.3) is 0 Å². The topological polar surface area (TPSA) is 88.3 Å². The van der Waals surface area contributed by atoms with Crippen LogP contribution in [0, 0.1) is 0 Å². The highest BCUT2D eigenvalue weighted by Crippen LogP contribution is 2.45. The van der Waals surface area contributed by atoms with E-state index in [1.54, 1.807) is 6.20 Å². The van der Waals surface area contributed by atoms with Gasteiger partial charge in [0.15, 0.2) is 0 Å². The lowest BCUT2D eigenvalue weighted by atomic mass is 10.1. The lowest BCUT2D eigenvalue weighted by Gasteiger charge is -2.16. The molecule has 0 aliphatic carbocycles. The number of aromatic amines is 1. The summed E-state index contributed by atoms with van der Waals surface area (Å²) in [5.74, 6) is -0.910. The Labute approximate surface area is 99.1 Å². The second-order valence-corrected chi connectivity index (χ2v) is 6.03. The molecule has 0 saturated carbocycles. The van der Waals surface area contributed by atoms with E-state index < -0.39 is 13.4 Å². The van der Waals surface area contributed by atoms with E-state index in [1.165, 1.54) is 7.11 Å². The van der Waals surface area contributed by atoms with Gasteiger partial charge in [-0.2, -0.15) is 0 Å². The number of H-pyrrole nitrogens is 1. The lowest BCUT2D eigenvalue weighted by molar-refractivity contribution is 0.304. The third kappa shape index (κ3) is 2.42. The quantitative estimate of drug-likeness (QED) is 0.726. The van der Waals surface area contributed by atoms with Gasteiger partial charge in [-0.3, -0.25) is 4.57 Å². The van der Waals surface area contributed by atoms with Crippen LogP contribution in [0.5, 0.6) is 0 Å². The molecule has 0 aliphatic heterocycles. The summed E-state index contributed by atoms with van der Waals surface area (Å²) in [4.78, 5) is 12.6. The molecule has 1 aromatic carbocycles. The molecule has 0 bridgehead atoms. The first-order valence-corrected chi connectivity index (χ1v) is 6.88. The SMILES string of the molecule is COP(=O)(O)[C@H](N)Cc1c[nH]c2ccccc12. The molecule has 17 heavy (non-hydrogen) atoms. The fraction of sp³-hybridized carbons (Fsp3) is 0.273. The predicted molar refractivity (Wildman–Crippen MR) is 66.8 cm³/mol. The molecule has 0 amide bonds. The van der Waals surface area contributed by atoms with Crippen molar-refractivity contribution in [2.75, 3.05) is 7.11 Å². The van der Waals surface area contributed by atoms with Gasteiger partial charge in [-0.05, 0) is 11.6 Å². The molecular formula is C11H15N2O3P. The summed E-state index contributed by atoms with van der Waals surface area (Å²) in [6, 6.07) is 7.73. The van der Waals surface area contributed by atoms with Crippen LogP contribution in [0.25, 0.3) is 10.9 Å². The van der Waals surface area contributed by atoms with Gasteiger partial charge in [0.2, 0.25) is 0 Å². The van der Waals surface area contributed by atoms with Gasteiger partial charge >= 0.3 is 7.60 Å². The van der Waals surface area contributed by atoms with Crippen LogP contribution in [0.4, 0.5) is 0 Å². The molecule has 0 saturated heterocycles. The van der Waals surface area contributed by atoms with E-state index >= 15 is 0 Å². The molecule has 0 spiro atoms. The first kappa shape index (κ1) is 12.3. The molecule has 4 N–H and O–H groups in total. The molecule has 1 unspecified atom stereocenters. The van der Waals surface area contributed by atoms with E-state index in [9.17, 15) is 9.46 Å². The molecule has 0 aliphatic rings. The van der Waals surface area contributed by atoms with Crippen molar-refractivity contribution in [3.63, 3.8) is 0 Å². The van der Waals surface area contributed by atoms with Gasteiger partial charge in [0.1, 0.15) is 5.78 Å². The number of rotatable bonds is 4. The summed E-state index contributed by atoms with van der Waals surface area (Å²) in [6.45, 7) is 0. The number of nitrogens with two attached hydrogens (primary N) is 1. The van der Waals surface area contributed by atoms with E-state index in [0.29, 0.717) is 6.42 Å². The van der Waals surface area contributed by atoms with Crippen molar-refractivity contribution in [1.29, 1.82) is 0 Å². The Balaban J connectivity index is 2.28. The van der Waals surface area contributed by atoms with Gasteiger partial charge in [0.05, 0.1) is 0 Å². The van der Waals surface area contributed by atoms with Crippen LogP contribution in [0.15, 0.2) is 30.5 Å². The van der Waals surface area contributed by atoms with Gasteiger partial charge in [-0.25, -0.2) is 0 Å². The smallest absolute Gasteiger partial charge is 0.344 e. The van der Waals surface area contributed by atoms with Crippen LogP contribution in [0.3, 0.4) is 0 Å². The first-order valence-electron chi connectivity index (χ1n) is 5.23. The molecule has 1 aromatic heterocycles. The van der Waals surface area contributed by atoms with Crippen LogP contribution in [-0.2, 0) is 15.5 Å². The predicted octanol–water partition coefficient (Wildman–Crippen LogP) is 1.83. The molecule has 2 atom stereocenters. The summed E-state index contributed by atoms with van der Waals surface area (Å²) < 4.78 is 16.1. The average Bonchev–Trinajstić information content (AvgIpc) is 2.73. The zero-order valence-corrected chi connectivity index (χ0v) is 10.4. The normalized spacial score (nSPS) is 16.9. The van der Waals surface area contributed by atoms with Crippen molar-refractivity contribution < 1.29 is 14.0 Å². The summed E-state index contributed by atoms with van der Waals surface area (Å²) >= 11 is 0. The van der Waals surface area contributed by atoms with Gasteiger partial charge in [-0.15, -0.1) is 0 Å². The Bertz CT molecular complexity index is 567. The van der Waals surface area contributed by atoms with Gasteiger partial charge in [0, 0.05) is 30.6 Å². The van der Waals surface area contributed by atoms with E-state index in [-0.39, 0.29) is 0 Å². The van der Waals surface area contributed by atoms with Crippen molar-refractivity contribution in [2.24, 2.45) is 5.73 Å². The van der Waals surface area contributed by atoms with Gasteiger partial charge in [-0.1, -0.05) is 18.2 Å². The van der Waals surface area contributed by atoms with Crippen molar-refractivity contribution in [3.8, 4) is 0 Å². The number of hydrogen-bond acceptors (Lipinski definition) is 3. The number of nitrogens with one attached hydrogen (secondary N) is 1. The zero-order chi connectivity index (χ0) is 12.5. The minimum atomic E-state index is -3.72. The third-order valence-electron chi connectivity index (χ3n) is 2.78. The maximum absolute atomic E-state index is 11.5. The fourth-order valence-corrected chi connectivity index (χ4v) is 2.47. The first-order chi connectivity index (χ1) is 8.04. The number of fused-ring (bicyclic) bond motifs is 1. The van der Waals surface area contributed by atoms with E-state index in [0.717, 1.165) is 16.5 Å². The van der Waals surface area contributed by atoms with Gasteiger partial charge < -0.3 is 20.1 Å². The molecule has 92 valence electrons. The summed E-state index contributed by atoms with van der Waals surface area (Å²) in [6.07, 6.45) is 2.10. The van der Waals surface area contributed by atoms with E-state index in [1.807, 2.05) is 24.3 Å². The Hall–Kier alpha value is -1.13. The molecule has 1 heterocycles. The Morgan fingerprint density at radius 2 is 2.24 bits per heavy atom. The number of aromatic nitrogens is 1. The molecule has 5 nitrogen and oxygen atoms in total. The molecule has 0 fully saturated rings. The maximum Gasteiger partial charge on any atom is 0.344 e. The second kappa shape index (κ2) is 4.63. The zero-order valence-electron chi connectivity index (χ0n) is 9.46. The summed E-state index contributed by atoms with van der Waals surface area (Å²) in [5, 5.41) is 1.01. The molecule has 2 rings (SSSR count). The number of para-hydroxylation sites is 1. The van der Waals surface area contributed by atoms with Crippen molar-refractivity contribution >= 4 is 18.5 Å². The molecular weight excluding hydrogens is 239 g/mol. The minimum absolute atomic E-state index is 0.297. The standard InChI is InChI=1S/C11H15N2O3P/c1-16-17(14,15)11(12)6-8-7-13-10-5-3-2-4-9(8)10/h2-5,7,11,13H,6,12H2,1H3,(H,14,15)/t11-/m0/s1. The monoisotopic (exact) mass is 254 g/mol. The van der Waals surface area contributed by atoms with Crippen LogP contribution in [0.2, 0.25) is 0 Å². The summed E-state index contributed by atoms with van der Waals surface area (Å²) in [5.41, 5.74) is 7.59. The third-order valence-corrected chi connectivity index (χ3v) is 4.33.